The Bertz CT molecular complexity index is 1110. The van der Waals surface area contributed by atoms with Crippen molar-refractivity contribution in [1.82, 2.24) is 10.2 Å². The monoisotopic (exact) mass is 472 g/mol. The zero-order chi connectivity index (χ0) is 23.3. The molecular weight excluding hydrogens is 451 g/mol. The van der Waals surface area contributed by atoms with Crippen molar-refractivity contribution in [2.75, 3.05) is 13.7 Å². The molecule has 0 aromatic heterocycles. The molecule has 0 spiro atoms. The summed E-state index contributed by atoms with van der Waals surface area (Å²) in [5.41, 5.74) is 2.41. The molecule has 6 nitrogen and oxygen atoms in total. The molecule has 2 aromatic carbocycles. The number of methoxy groups -OCH3 is 1. The molecule has 1 saturated heterocycles. The predicted molar refractivity (Wildman–Crippen MR) is 126 cm³/mol. The van der Waals surface area contributed by atoms with Gasteiger partial charge in [0.1, 0.15) is 12.3 Å². The first kappa shape index (κ1) is 23.4. The van der Waals surface area contributed by atoms with Crippen LogP contribution in [0.5, 0.6) is 11.5 Å². The zero-order valence-corrected chi connectivity index (χ0v) is 19.0. The van der Waals surface area contributed by atoms with Crippen LogP contribution in [-0.4, -0.2) is 30.5 Å². The van der Waals surface area contributed by atoms with Crippen LogP contribution in [0.4, 0.5) is 4.79 Å². The molecule has 0 radical (unpaired) electrons. The zero-order valence-electron chi connectivity index (χ0n) is 17.5. The Morgan fingerprint density at radius 1 is 1.09 bits per heavy atom. The van der Waals surface area contributed by atoms with Crippen LogP contribution in [0.25, 0.3) is 6.08 Å². The number of benzene rings is 2. The second-order valence-electron chi connectivity index (χ2n) is 6.92. The molecule has 0 aliphatic carbocycles. The maximum absolute atomic E-state index is 12.5. The Morgan fingerprint density at radius 2 is 1.88 bits per heavy atom. The minimum absolute atomic E-state index is 0.132. The molecule has 2 aromatic rings. The van der Waals surface area contributed by atoms with E-state index < -0.39 is 11.9 Å². The summed E-state index contributed by atoms with van der Waals surface area (Å²) in [5.74, 6) is 0.591. The highest BCUT2D eigenvalue weighted by atomic mass is 35.5. The molecule has 3 rings (SSSR count). The maximum atomic E-state index is 12.5. The Labute approximate surface area is 196 Å². The number of rotatable bonds is 9. The van der Waals surface area contributed by atoms with Gasteiger partial charge in [-0.3, -0.25) is 9.69 Å². The molecule has 3 amide bonds. The third-order valence-electron chi connectivity index (χ3n) is 4.71. The van der Waals surface area contributed by atoms with Crippen LogP contribution in [0.3, 0.4) is 0 Å². The minimum atomic E-state index is -0.487. The maximum Gasteiger partial charge on any atom is 0.329 e. The number of urea groups is 1. The van der Waals surface area contributed by atoms with E-state index in [1.165, 1.54) is 13.2 Å². The van der Waals surface area contributed by atoms with Gasteiger partial charge in [-0.2, -0.15) is 0 Å². The van der Waals surface area contributed by atoms with Crippen molar-refractivity contribution in [3.8, 4) is 11.5 Å². The molecule has 0 unspecified atom stereocenters. The molecule has 166 valence electrons. The topological polar surface area (TPSA) is 67.9 Å². The van der Waals surface area contributed by atoms with Gasteiger partial charge >= 0.3 is 6.03 Å². The third-order valence-corrected chi connectivity index (χ3v) is 5.30. The van der Waals surface area contributed by atoms with Crippen molar-refractivity contribution in [1.29, 1.82) is 0 Å². The van der Waals surface area contributed by atoms with Crippen molar-refractivity contribution >= 4 is 41.2 Å². The number of ether oxygens (including phenoxy) is 2. The molecule has 32 heavy (non-hydrogen) atoms. The number of hydrogen-bond acceptors (Lipinski definition) is 4. The number of carbonyl (C=O) groups excluding carboxylic acids is 2. The Morgan fingerprint density at radius 3 is 2.53 bits per heavy atom. The summed E-state index contributed by atoms with van der Waals surface area (Å²) >= 11 is 12.2. The first-order valence-corrected chi connectivity index (χ1v) is 10.5. The normalized spacial score (nSPS) is 14.5. The number of nitrogens with zero attached hydrogens (tertiary/aromatic N) is 1. The lowest BCUT2D eigenvalue weighted by atomic mass is 10.0. The van der Waals surface area contributed by atoms with E-state index in [1.807, 2.05) is 6.07 Å². The van der Waals surface area contributed by atoms with E-state index in [1.54, 1.807) is 36.4 Å². The van der Waals surface area contributed by atoms with Gasteiger partial charge in [0.15, 0.2) is 11.5 Å². The number of hydrogen-bond donors (Lipinski definition) is 1. The van der Waals surface area contributed by atoms with Crippen LogP contribution < -0.4 is 14.8 Å². The average molecular weight is 473 g/mol. The van der Waals surface area contributed by atoms with Gasteiger partial charge in [-0.15, -0.1) is 13.2 Å². The molecule has 1 aliphatic heterocycles. The molecule has 1 N–H and O–H groups in total. The summed E-state index contributed by atoms with van der Waals surface area (Å²) in [4.78, 5) is 25.6. The molecular formula is C24H22Cl2N2O4. The van der Waals surface area contributed by atoms with Crippen molar-refractivity contribution in [3.63, 3.8) is 0 Å². The molecule has 1 fully saturated rings. The number of amides is 3. The Balaban J connectivity index is 1.93. The Kier molecular flexibility index (Phi) is 7.62. The van der Waals surface area contributed by atoms with Crippen molar-refractivity contribution in [2.24, 2.45) is 0 Å². The highest BCUT2D eigenvalue weighted by Crippen LogP contribution is 2.35. The van der Waals surface area contributed by atoms with Crippen molar-refractivity contribution in [3.05, 3.63) is 88.1 Å². The van der Waals surface area contributed by atoms with Gasteiger partial charge in [-0.25, -0.2) is 4.79 Å². The fourth-order valence-corrected chi connectivity index (χ4v) is 3.67. The molecule has 8 heteroatoms. The summed E-state index contributed by atoms with van der Waals surface area (Å²) in [7, 11) is 1.53. The van der Waals surface area contributed by atoms with Crippen molar-refractivity contribution in [2.45, 2.75) is 13.0 Å². The predicted octanol–water partition coefficient (Wildman–Crippen LogP) is 5.39. The lowest BCUT2D eigenvalue weighted by Gasteiger charge is -2.16. The molecule has 0 saturated carbocycles. The number of carbonyl (C=O) groups is 2. The fourth-order valence-electron chi connectivity index (χ4n) is 3.21. The van der Waals surface area contributed by atoms with Crippen LogP contribution in [0.15, 0.2) is 61.3 Å². The highest BCUT2D eigenvalue weighted by Gasteiger charge is 2.32. The number of nitrogens with one attached hydrogen (secondary N) is 1. The lowest BCUT2D eigenvalue weighted by Crippen LogP contribution is -2.30. The largest absolute Gasteiger partial charge is 0.493 e. The van der Waals surface area contributed by atoms with Crippen LogP contribution in [0.1, 0.15) is 16.7 Å². The second kappa shape index (κ2) is 10.4. The average Bonchev–Trinajstić information content (AvgIpc) is 3.01. The highest BCUT2D eigenvalue weighted by molar-refractivity contribution is 6.35. The smallest absolute Gasteiger partial charge is 0.329 e. The van der Waals surface area contributed by atoms with Gasteiger partial charge in [0.2, 0.25) is 0 Å². The van der Waals surface area contributed by atoms with E-state index in [0.29, 0.717) is 33.5 Å². The summed E-state index contributed by atoms with van der Waals surface area (Å²) < 4.78 is 11.6. The van der Waals surface area contributed by atoms with E-state index >= 15 is 0 Å². The van der Waals surface area contributed by atoms with Gasteiger partial charge in [0.05, 0.1) is 7.11 Å². The summed E-state index contributed by atoms with van der Waals surface area (Å²) in [6, 6.07) is 8.29. The van der Waals surface area contributed by atoms with Gasteiger partial charge in [-0.05, 0) is 42.3 Å². The van der Waals surface area contributed by atoms with E-state index in [2.05, 4.69) is 18.5 Å². The molecule has 0 atom stereocenters. The molecule has 1 heterocycles. The van der Waals surface area contributed by atoms with Gasteiger partial charge < -0.3 is 14.8 Å². The first-order valence-electron chi connectivity index (χ1n) is 9.72. The SMILES string of the molecule is C=CCc1cc(/C=C2/NC(=O)N(CC=C)C2=O)cc(OC)c1OCc1ccc(Cl)cc1Cl. The number of halogens is 2. The van der Waals surface area contributed by atoms with Crippen LogP contribution >= 0.6 is 23.2 Å². The van der Waals surface area contributed by atoms with Crippen LogP contribution in [0, 0.1) is 0 Å². The number of imide groups is 1. The Hall–Kier alpha value is -3.22. The van der Waals surface area contributed by atoms with Crippen LogP contribution in [-0.2, 0) is 17.8 Å². The van der Waals surface area contributed by atoms with Gasteiger partial charge in [-0.1, -0.05) is 41.4 Å². The van der Waals surface area contributed by atoms with E-state index in [0.717, 1.165) is 16.0 Å². The van der Waals surface area contributed by atoms with E-state index in [-0.39, 0.29) is 18.8 Å². The second-order valence-corrected chi connectivity index (χ2v) is 7.76. The van der Waals surface area contributed by atoms with E-state index in [4.69, 9.17) is 32.7 Å². The molecule has 0 bridgehead atoms. The quantitative estimate of drug-likeness (QED) is 0.301. The van der Waals surface area contributed by atoms with E-state index in [9.17, 15) is 9.59 Å². The summed E-state index contributed by atoms with van der Waals surface area (Å²) in [6.07, 6.45) is 5.32. The third kappa shape index (κ3) is 5.15. The minimum Gasteiger partial charge on any atom is -0.493 e. The van der Waals surface area contributed by atoms with Crippen LogP contribution in [0.2, 0.25) is 10.0 Å². The van der Waals surface area contributed by atoms with Gasteiger partial charge in [0, 0.05) is 27.7 Å². The first-order chi connectivity index (χ1) is 15.4. The standard InChI is InChI=1S/C24H22Cl2N2O4/c1-4-6-16-10-15(11-20-23(29)28(9-5-2)24(30)27-20)12-21(31-3)22(16)32-14-17-7-8-18(25)13-19(17)26/h4-5,7-8,10-13H,1-2,6,9,14H2,3H3,(H,27,30)/b20-11+. The summed E-state index contributed by atoms with van der Waals surface area (Å²) in [5, 5.41) is 3.63. The van der Waals surface area contributed by atoms with Gasteiger partial charge in [0.25, 0.3) is 5.91 Å². The lowest BCUT2D eigenvalue weighted by molar-refractivity contribution is -0.122. The number of allylic oxidation sites excluding steroid dienone is 1. The summed E-state index contributed by atoms with van der Waals surface area (Å²) in [6.45, 7) is 7.72. The van der Waals surface area contributed by atoms with Crippen molar-refractivity contribution < 1.29 is 19.1 Å². The fraction of sp³-hybridized carbons (Fsp3) is 0.167. The molecule has 1 aliphatic rings.